The molecule has 0 aliphatic carbocycles. The minimum atomic E-state index is -0.782. The van der Waals surface area contributed by atoms with E-state index in [1.807, 2.05) is 0 Å². The average Bonchev–Trinajstić information content (AvgIpc) is 2.89. The average molecular weight is 320 g/mol. The van der Waals surface area contributed by atoms with E-state index in [0.29, 0.717) is 12.1 Å². The first-order valence-corrected chi connectivity index (χ1v) is 7.41. The lowest BCUT2D eigenvalue weighted by atomic mass is 10.1. The SMILES string of the molecule is CCO[C@H]1CN(C(=O)c2c[nH]c3ccc(F)cc3c2=O)C[C@@H]1O. The van der Waals surface area contributed by atoms with Crippen LogP contribution in [0.25, 0.3) is 10.9 Å². The molecule has 2 N–H and O–H groups in total. The van der Waals surface area contributed by atoms with Crippen molar-refractivity contribution in [3.8, 4) is 0 Å². The van der Waals surface area contributed by atoms with Crippen molar-refractivity contribution in [1.82, 2.24) is 9.88 Å². The molecule has 0 saturated carbocycles. The number of benzene rings is 1. The number of ether oxygens (including phenoxy) is 1. The fraction of sp³-hybridized carbons (Fsp3) is 0.375. The van der Waals surface area contributed by atoms with E-state index in [1.165, 1.54) is 23.2 Å². The van der Waals surface area contributed by atoms with Crippen molar-refractivity contribution in [2.24, 2.45) is 0 Å². The van der Waals surface area contributed by atoms with Gasteiger partial charge in [-0.3, -0.25) is 9.59 Å². The quantitative estimate of drug-likeness (QED) is 0.880. The molecular formula is C16H17FN2O4. The Balaban J connectivity index is 1.93. The van der Waals surface area contributed by atoms with Gasteiger partial charge in [0.1, 0.15) is 17.5 Å². The smallest absolute Gasteiger partial charge is 0.259 e. The molecule has 23 heavy (non-hydrogen) atoms. The summed E-state index contributed by atoms with van der Waals surface area (Å²) in [5.41, 5.74) is -0.147. The molecule has 1 aliphatic rings. The van der Waals surface area contributed by atoms with Gasteiger partial charge in [0, 0.05) is 36.8 Å². The first-order chi connectivity index (χ1) is 11.0. The molecule has 1 aliphatic heterocycles. The number of nitrogens with zero attached hydrogens (tertiary/aromatic N) is 1. The van der Waals surface area contributed by atoms with Gasteiger partial charge < -0.3 is 19.7 Å². The number of aromatic nitrogens is 1. The van der Waals surface area contributed by atoms with Crippen LogP contribution in [0.2, 0.25) is 0 Å². The van der Waals surface area contributed by atoms with Gasteiger partial charge >= 0.3 is 0 Å². The zero-order valence-corrected chi connectivity index (χ0v) is 12.6. The van der Waals surface area contributed by atoms with Crippen LogP contribution < -0.4 is 5.43 Å². The molecule has 1 fully saturated rings. The van der Waals surface area contributed by atoms with Crippen LogP contribution in [0, 0.1) is 5.82 Å². The van der Waals surface area contributed by atoms with Crippen LogP contribution in [0.5, 0.6) is 0 Å². The van der Waals surface area contributed by atoms with Crippen molar-refractivity contribution in [3.63, 3.8) is 0 Å². The largest absolute Gasteiger partial charge is 0.388 e. The Labute approximate surface area is 131 Å². The van der Waals surface area contributed by atoms with E-state index < -0.39 is 29.4 Å². The Hall–Kier alpha value is -2.25. The molecule has 6 nitrogen and oxygen atoms in total. The van der Waals surface area contributed by atoms with E-state index in [9.17, 15) is 19.1 Å². The number of pyridine rings is 1. The van der Waals surface area contributed by atoms with Gasteiger partial charge in [0.2, 0.25) is 5.43 Å². The van der Waals surface area contributed by atoms with Crippen LogP contribution in [0.4, 0.5) is 4.39 Å². The van der Waals surface area contributed by atoms with E-state index in [1.54, 1.807) is 6.92 Å². The topological polar surface area (TPSA) is 82.6 Å². The summed E-state index contributed by atoms with van der Waals surface area (Å²) >= 11 is 0. The monoisotopic (exact) mass is 320 g/mol. The molecule has 2 atom stereocenters. The Bertz CT molecular complexity index is 804. The molecule has 0 spiro atoms. The first kappa shape index (κ1) is 15.6. The van der Waals surface area contributed by atoms with Gasteiger partial charge in [0.05, 0.1) is 6.10 Å². The molecule has 0 unspecified atom stereocenters. The zero-order valence-electron chi connectivity index (χ0n) is 12.6. The number of likely N-dealkylation sites (tertiary alicyclic amines) is 1. The zero-order chi connectivity index (χ0) is 16.6. The second kappa shape index (κ2) is 6.10. The molecule has 122 valence electrons. The number of aliphatic hydroxyl groups excluding tert-OH is 1. The number of carbonyl (C=O) groups excluding carboxylic acids is 1. The highest BCUT2D eigenvalue weighted by Gasteiger charge is 2.35. The number of H-pyrrole nitrogens is 1. The van der Waals surface area contributed by atoms with Crippen molar-refractivity contribution >= 4 is 16.8 Å². The summed E-state index contributed by atoms with van der Waals surface area (Å²) in [6, 6.07) is 3.79. The molecule has 3 rings (SSSR count). The Morgan fingerprint density at radius 3 is 3.00 bits per heavy atom. The van der Waals surface area contributed by atoms with Crippen LogP contribution >= 0.6 is 0 Å². The Morgan fingerprint density at radius 2 is 2.26 bits per heavy atom. The Morgan fingerprint density at radius 1 is 1.48 bits per heavy atom. The number of amides is 1. The van der Waals surface area contributed by atoms with Gasteiger partial charge in [-0.05, 0) is 25.1 Å². The lowest BCUT2D eigenvalue weighted by molar-refractivity contribution is -0.00237. The van der Waals surface area contributed by atoms with Gasteiger partial charge in [0.25, 0.3) is 5.91 Å². The summed E-state index contributed by atoms with van der Waals surface area (Å²) in [7, 11) is 0. The molecule has 1 saturated heterocycles. The Kier molecular flexibility index (Phi) is 4.14. The van der Waals surface area contributed by atoms with Gasteiger partial charge in [-0.25, -0.2) is 4.39 Å². The standard InChI is InChI=1S/C16H17FN2O4/c1-2-23-14-8-19(7-13(14)20)16(22)11-6-18-12-4-3-9(17)5-10(12)15(11)21/h3-6,13-14,20H,2,7-8H2,1H3,(H,18,21)/t13-,14-/m0/s1. The van der Waals surface area contributed by atoms with Gasteiger partial charge in [0.15, 0.2) is 0 Å². The summed E-state index contributed by atoms with van der Waals surface area (Å²) < 4.78 is 18.7. The summed E-state index contributed by atoms with van der Waals surface area (Å²) in [4.78, 5) is 29.2. The third kappa shape index (κ3) is 2.85. The number of fused-ring (bicyclic) bond motifs is 1. The van der Waals surface area contributed by atoms with E-state index in [2.05, 4.69) is 4.98 Å². The van der Waals surface area contributed by atoms with E-state index in [0.717, 1.165) is 6.07 Å². The van der Waals surface area contributed by atoms with E-state index in [4.69, 9.17) is 4.74 Å². The number of aliphatic hydroxyl groups is 1. The number of rotatable bonds is 3. The van der Waals surface area contributed by atoms with Crippen molar-refractivity contribution in [1.29, 1.82) is 0 Å². The fourth-order valence-corrected chi connectivity index (χ4v) is 2.82. The molecule has 0 bridgehead atoms. The summed E-state index contributed by atoms with van der Waals surface area (Å²) in [6.07, 6.45) is 0.0856. The maximum absolute atomic E-state index is 13.3. The highest BCUT2D eigenvalue weighted by atomic mass is 19.1. The number of carbonyl (C=O) groups is 1. The number of aromatic amines is 1. The predicted octanol–water partition coefficient (Wildman–Crippen LogP) is 0.889. The molecule has 1 amide bonds. The van der Waals surface area contributed by atoms with E-state index in [-0.39, 0.29) is 24.0 Å². The van der Waals surface area contributed by atoms with Crippen LogP contribution in [-0.2, 0) is 4.74 Å². The van der Waals surface area contributed by atoms with Crippen LogP contribution in [0.15, 0.2) is 29.2 Å². The molecule has 2 aromatic rings. The predicted molar refractivity (Wildman–Crippen MR) is 81.9 cm³/mol. The minimum Gasteiger partial charge on any atom is -0.388 e. The number of hydrogen-bond donors (Lipinski definition) is 2. The number of nitrogens with one attached hydrogen (secondary N) is 1. The lowest BCUT2D eigenvalue weighted by Gasteiger charge is -2.16. The van der Waals surface area contributed by atoms with Crippen LogP contribution in [0.3, 0.4) is 0 Å². The summed E-state index contributed by atoms with van der Waals surface area (Å²) in [6.45, 7) is 2.55. The lowest BCUT2D eigenvalue weighted by Crippen LogP contribution is -2.33. The maximum atomic E-state index is 13.3. The molecule has 2 heterocycles. The van der Waals surface area contributed by atoms with Crippen molar-refractivity contribution in [3.05, 3.63) is 46.0 Å². The minimum absolute atomic E-state index is 0.0764. The highest BCUT2D eigenvalue weighted by molar-refractivity contribution is 5.97. The van der Waals surface area contributed by atoms with Crippen molar-refractivity contribution in [2.45, 2.75) is 19.1 Å². The second-order valence-electron chi connectivity index (χ2n) is 5.49. The van der Waals surface area contributed by atoms with Crippen molar-refractivity contribution in [2.75, 3.05) is 19.7 Å². The third-order valence-electron chi connectivity index (χ3n) is 3.98. The van der Waals surface area contributed by atoms with Crippen LogP contribution in [-0.4, -0.2) is 52.8 Å². The maximum Gasteiger partial charge on any atom is 0.259 e. The molecule has 1 aromatic carbocycles. The summed E-state index contributed by atoms with van der Waals surface area (Å²) in [5, 5.41) is 10.0. The molecule has 1 aromatic heterocycles. The number of β-amino-alcohol motifs (C(OH)–C–C–N with tert-alkyl or cyclic N) is 1. The van der Waals surface area contributed by atoms with Gasteiger partial charge in [-0.2, -0.15) is 0 Å². The number of hydrogen-bond acceptors (Lipinski definition) is 4. The van der Waals surface area contributed by atoms with Crippen LogP contribution in [0.1, 0.15) is 17.3 Å². The molecular weight excluding hydrogens is 303 g/mol. The first-order valence-electron chi connectivity index (χ1n) is 7.41. The van der Waals surface area contributed by atoms with Gasteiger partial charge in [-0.15, -0.1) is 0 Å². The number of halogens is 1. The van der Waals surface area contributed by atoms with E-state index >= 15 is 0 Å². The second-order valence-corrected chi connectivity index (χ2v) is 5.49. The summed E-state index contributed by atoms with van der Waals surface area (Å²) in [5.74, 6) is -1.04. The normalized spacial score (nSPS) is 21.1. The molecule has 0 radical (unpaired) electrons. The highest BCUT2D eigenvalue weighted by Crippen LogP contribution is 2.17. The molecule has 7 heteroatoms. The van der Waals surface area contributed by atoms with Gasteiger partial charge in [-0.1, -0.05) is 0 Å². The third-order valence-corrected chi connectivity index (χ3v) is 3.98. The fourth-order valence-electron chi connectivity index (χ4n) is 2.82. The van der Waals surface area contributed by atoms with Crippen molar-refractivity contribution < 1.29 is 19.0 Å².